The highest BCUT2D eigenvalue weighted by atomic mass is 79.9. The maximum Gasteiger partial charge on any atom is 0.261 e. The van der Waals surface area contributed by atoms with Crippen molar-refractivity contribution in [2.75, 3.05) is 51.8 Å². The van der Waals surface area contributed by atoms with Gasteiger partial charge in [-0.25, -0.2) is 0 Å². The van der Waals surface area contributed by atoms with Crippen LogP contribution in [0.25, 0.3) is 6.08 Å². The molecule has 5 rings (SSSR count). The van der Waals surface area contributed by atoms with E-state index in [1.165, 1.54) is 0 Å². The molecule has 7 nitrogen and oxygen atoms in total. The number of rotatable bonds is 6. The van der Waals surface area contributed by atoms with Crippen molar-refractivity contribution in [1.82, 2.24) is 9.80 Å². The van der Waals surface area contributed by atoms with Crippen molar-refractivity contribution in [1.29, 1.82) is 0 Å². The lowest BCUT2D eigenvalue weighted by molar-refractivity contribution is -0.140. The molecule has 38 heavy (non-hydrogen) atoms. The molecule has 2 unspecified atom stereocenters. The van der Waals surface area contributed by atoms with Gasteiger partial charge in [-0.1, -0.05) is 31.0 Å². The van der Waals surface area contributed by atoms with Crippen LogP contribution in [0.3, 0.4) is 0 Å². The zero-order chi connectivity index (χ0) is 26.6. The second-order valence-electron chi connectivity index (χ2n) is 9.88. The number of benzene rings is 2. The van der Waals surface area contributed by atoms with E-state index in [4.69, 9.17) is 9.47 Å². The van der Waals surface area contributed by atoms with Crippen LogP contribution in [-0.4, -0.2) is 79.8 Å². The number of carbonyl (C=O) groups is 2. The SMILES string of the molecule is COc1ccc(/C=C2/SC3CCCCC3N(CC(=O)N3CCN(c4ccccc4OC)CC3)C2=O)cc1Br. The molecule has 2 amide bonds. The lowest BCUT2D eigenvalue weighted by atomic mass is 9.93. The number of hydrogen-bond donors (Lipinski definition) is 0. The molecule has 1 saturated carbocycles. The predicted molar refractivity (Wildman–Crippen MR) is 156 cm³/mol. The summed E-state index contributed by atoms with van der Waals surface area (Å²) in [5.41, 5.74) is 1.98. The number of halogens is 1. The highest BCUT2D eigenvalue weighted by molar-refractivity contribution is 9.10. The molecule has 2 saturated heterocycles. The molecule has 3 aliphatic rings. The Labute approximate surface area is 237 Å². The van der Waals surface area contributed by atoms with Gasteiger partial charge in [-0.3, -0.25) is 9.59 Å². The smallest absolute Gasteiger partial charge is 0.261 e. The Hall–Kier alpha value is -2.65. The minimum absolute atomic E-state index is 0.0285. The Kier molecular flexibility index (Phi) is 8.53. The minimum atomic E-state index is -0.0360. The summed E-state index contributed by atoms with van der Waals surface area (Å²) in [5, 5.41) is 0.324. The number of anilines is 1. The van der Waals surface area contributed by atoms with Crippen molar-refractivity contribution in [3.05, 3.63) is 57.4 Å². The number of nitrogens with zero attached hydrogens (tertiary/aromatic N) is 3. The van der Waals surface area contributed by atoms with Crippen LogP contribution in [0.4, 0.5) is 5.69 Å². The van der Waals surface area contributed by atoms with Crippen molar-refractivity contribution in [2.45, 2.75) is 37.0 Å². The summed E-state index contributed by atoms with van der Waals surface area (Å²) in [6.45, 7) is 2.87. The summed E-state index contributed by atoms with van der Waals surface area (Å²) < 4.78 is 11.7. The van der Waals surface area contributed by atoms with E-state index >= 15 is 0 Å². The van der Waals surface area contributed by atoms with E-state index in [-0.39, 0.29) is 24.4 Å². The standard InChI is InChI=1S/C29H34BrN3O4S/c1-36-24-12-11-20(17-21(24)30)18-27-29(35)33(23-8-4-6-10-26(23)38-27)19-28(34)32-15-13-31(14-16-32)22-7-3-5-9-25(22)37-2/h3,5,7,9,11-12,17-18,23,26H,4,6,8,10,13-16,19H2,1-2H3/b27-18+. The van der Waals surface area contributed by atoms with Crippen LogP contribution in [0.15, 0.2) is 51.8 Å². The Morgan fingerprint density at radius 3 is 2.50 bits per heavy atom. The number of thioether (sulfide) groups is 1. The van der Waals surface area contributed by atoms with Gasteiger partial charge < -0.3 is 24.2 Å². The third kappa shape index (κ3) is 5.69. The van der Waals surface area contributed by atoms with Gasteiger partial charge in [0.2, 0.25) is 5.91 Å². The molecule has 0 radical (unpaired) electrons. The summed E-state index contributed by atoms with van der Waals surface area (Å²) in [5.74, 6) is 1.59. The fourth-order valence-corrected chi connectivity index (χ4v) is 7.65. The zero-order valence-electron chi connectivity index (χ0n) is 21.9. The van der Waals surface area contributed by atoms with Gasteiger partial charge in [0.1, 0.15) is 18.0 Å². The molecular formula is C29H34BrN3O4S. The lowest BCUT2D eigenvalue weighted by Gasteiger charge is -2.45. The number of piperazine rings is 1. The molecule has 2 atom stereocenters. The van der Waals surface area contributed by atoms with Gasteiger partial charge in [-0.05, 0) is 64.7 Å². The Morgan fingerprint density at radius 1 is 1.03 bits per heavy atom. The summed E-state index contributed by atoms with van der Waals surface area (Å²) >= 11 is 5.22. The molecule has 2 aromatic rings. The fourth-order valence-electron chi connectivity index (χ4n) is 5.62. The first-order valence-corrected chi connectivity index (χ1v) is 14.8. The van der Waals surface area contributed by atoms with E-state index in [0.29, 0.717) is 23.2 Å². The van der Waals surface area contributed by atoms with Crippen molar-refractivity contribution >= 4 is 51.3 Å². The van der Waals surface area contributed by atoms with Crippen molar-refractivity contribution < 1.29 is 19.1 Å². The maximum atomic E-state index is 13.7. The molecule has 202 valence electrons. The molecule has 2 heterocycles. The van der Waals surface area contributed by atoms with Crippen molar-refractivity contribution in [2.24, 2.45) is 0 Å². The molecule has 0 bridgehead atoms. The first-order valence-electron chi connectivity index (χ1n) is 13.2. The van der Waals surface area contributed by atoms with Crippen LogP contribution in [0.5, 0.6) is 11.5 Å². The molecule has 0 aromatic heterocycles. The van der Waals surface area contributed by atoms with E-state index in [2.05, 4.69) is 26.9 Å². The van der Waals surface area contributed by atoms with E-state index < -0.39 is 0 Å². The molecule has 1 aliphatic carbocycles. The van der Waals surface area contributed by atoms with E-state index in [0.717, 1.165) is 66.0 Å². The van der Waals surface area contributed by atoms with Crippen LogP contribution >= 0.6 is 27.7 Å². The number of ether oxygens (including phenoxy) is 2. The average Bonchev–Trinajstić information content (AvgIpc) is 2.95. The third-order valence-corrected chi connectivity index (χ3v) is 9.67. The highest BCUT2D eigenvalue weighted by Crippen LogP contribution is 2.42. The van der Waals surface area contributed by atoms with Gasteiger partial charge in [-0.15, -0.1) is 11.8 Å². The van der Waals surface area contributed by atoms with Gasteiger partial charge >= 0.3 is 0 Å². The van der Waals surface area contributed by atoms with E-state index in [9.17, 15) is 9.59 Å². The monoisotopic (exact) mass is 599 g/mol. The van der Waals surface area contributed by atoms with Crippen LogP contribution in [-0.2, 0) is 9.59 Å². The molecule has 2 aliphatic heterocycles. The van der Waals surface area contributed by atoms with Gasteiger partial charge in [0.25, 0.3) is 5.91 Å². The van der Waals surface area contributed by atoms with E-state index in [1.54, 1.807) is 26.0 Å². The number of hydrogen-bond acceptors (Lipinski definition) is 6. The predicted octanol–water partition coefficient (Wildman–Crippen LogP) is 5.04. The van der Waals surface area contributed by atoms with Crippen LogP contribution in [0.2, 0.25) is 0 Å². The van der Waals surface area contributed by atoms with Gasteiger partial charge in [0, 0.05) is 37.5 Å². The first-order chi connectivity index (χ1) is 18.5. The molecule has 0 N–H and O–H groups in total. The summed E-state index contributed by atoms with van der Waals surface area (Å²) in [6, 6.07) is 13.9. The van der Waals surface area contributed by atoms with Crippen molar-refractivity contribution in [3.8, 4) is 11.5 Å². The lowest BCUT2D eigenvalue weighted by Crippen LogP contribution is -2.57. The topological polar surface area (TPSA) is 62.3 Å². The Balaban J connectivity index is 1.29. The summed E-state index contributed by atoms with van der Waals surface area (Å²) in [4.78, 5) is 33.9. The maximum absolute atomic E-state index is 13.7. The van der Waals surface area contributed by atoms with E-state index in [1.807, 2.05) is 52.3 Å². The van der Waals surface area contributed by atoms with Gasteiger partial charge in [0.05, 0.1) is 29.3 Å². The first kappa shape index (κ1) is 26.9. The number of para-hydroxylation sites is 2. The summed E-state index contributed by atoms with van der Waals surface area (Å²) in [7, 11) is 3.32. The highest BCUT2D eigenvalue weighted by Gasteiger charge is 2.41. The second kappa shape index (κ2) is 12.0. The molecular weight excluding hydrogens is 566 g/mol. The van der Waals surface area contributed by atoms with Crippen LogP contribution < -0.4 is 14.4 Å². The second-order valence-corrected chi connectivity index (χ2v) is 12.0. The fraction of sp³-hybridized carbons (Fsp3) is 0.448. The van der Waals surface area contributed by atoms with Crippen molar-refractivity contribution in [3.63, 3.8) is 0 Å². The van der Waals surface area contributed by atoms with Gasteiger partial charge in [0.15, 0.2) is 0 Å². The quantitative estimate of drug-likeness (QED) is 0.433. The minimum Gasteiger partial charge on any atom is -0.496 e. The zero-order valence-corrected chi connectivity index (χ0v) is 24.3. The van der Waals surface area contributed by atoms with Crippen LogP contribution in [0.1, 0.15) is 31.2 Å². The average molecular weight is 601 g/mol. The third-order valence-electron chi connectivity index (χ3n) is 7.66. The number of amides is 2. The van der Waals surface area contributed by atoms with Crippen LogP contribution in [0, 0.1) is 0 Å². The number of methoxy groups -OCH3 is 2. The Bertz CT molecular complexity index is 1210. The van der Waals surface area contributed by atoms with Gasteiger partial charge in [-0.2, -0.15) is 0 Å². The number of carbonyl (C=O) groups excluding carboxylic acids is 2. The molecule has 9 heteroatoms. The molecule has 2 aromatic carbocycles. The summed E-state index contributed by atoms with van der Waals surface area (Å²) in [6.07, 6.45) is 6.23. The molecule has 3 fully saturated rings. The number of fused-ring (bicyclic) bond motifs is 1. The Morgan fingerprint density at radius 2 is 1.76 bits per heavy atom. The normalized spacial score (nSPS) is 22.9. The molecule has 0 spiro atoms. The largest absolute Gasteiger partial charge is 0.496 e.